The molecule has 0 aliphatic carbocycles. The van der Waals surface area contributed by atoms with Gasteiger partial charge >= 0.3 is 5.97 Å². The highest BCUT2D eigenvalue weighted by atomic mass is 32.1. The molecule has 1 aliphatic heterocycles. The van der Waals surface area contributed by atoms with Gasteiger partial charge in [0.15, 0.2) is 0 Å². The maximum Gasteiger partial charge on any atom is 0.308 e. The van der Waals surface area contributed by atoms with Crippen LogP contribution in [0.15, 0.2) is 36.5 Å². The minimum absolute atomic E-state index is 0.120. The molecule has 1 aliphatic rings. The second kappa shape index (κ2) is 6.27. The first-order chi connectivity index (χ1) is 10.6. The van der Waals surface area contributed by atoms with Gasteiger partial charge < -0.3 is 10.0 Å². The van der Waals surface area contributed by atoms with Crippen LogP contribution in [0.5, 0.6) is 0 Å². The second-order valence-electron chi connectivity index (χ2n) is 5.32. The van der Waals surface area contributed by atoms with Gasteiger partial charge in [-0.05, 0) is 12.8 Å². The van der Waals surface area contributed by atoms with Gasteiger partial charge in [-0.3, -0.25) is 9.59 Å². The van der Waals surface area contributed by atoms with Crippen molar-refractivity contribution < 1.29 is 14.7 Å². The molecule has 22 heavy (non-hydrogen) atoms. The van der Waals surface area contributed by atoms with E-state index in [0.717, 1.165) is 17.0 Å². The lowest BCUT2D eigenvalue weighted by atomic mass is 9.98. The van der Waals surface area contributed by atoms with Crippen molar-refractivity contribution >= 4 is 23.2 Å². The monoisotopic (exact) mass is 316 g/mol. The molecule has 1 aromatic carbocycles. The van der Waals surface area contributed by atoms with E-state index < -0.39 is 11.9 Å². The fraction of sp³-hybridized carbons (Fsp3) is 0.312. The van der Waals surface area contributed by atoms with Gasteiger partial charge in [0.2, 0.25) is 0 Å². The van der Waals surface area contributed by atoms with E-state index >= 15 is 0 Å². The Morgan fingerprint density at radius 2 is 2.05 bits per heavy atom. The lowest BCUT2D eigenvalue weighted by Crippen LogP contribution is -2.42. The average molecular weight is 316 g/mol. The number of hydrogen-bond donors (Lipinski definition) is 1. The highest BCUT2D eigenvalue weighted by molar-refractivity contribution is 7.16. The summed E-state index contributed by atoms with van der Waals surface area (Å²) in [6, 6.07) is 9.70. The van der Waals surface area contributed by atoms with E-state index in [9.17, 15) is 9.59 Å². The molecule has 2 aromatic rings. The fourth-order valence-electron chi connectivity index (χ4n) is 2.61. The van der Waals surface area contributed by atoms with Crippen LogP contribution >= 0.6 is 11.3 Å². The van der Waals surface area contributed by atoms with Crippen LogP contribution in [0, 0.1) is 5.92 Å². The number of benzene rings is 1. The molecule has 1 atom stereocenters. The summed E-state index contributed by atoms with van der Waals surface area (Å²) in [4.78, 5) is 30.1. The van der Waals surface area contributed by atoms with Gasteiger partial charge in [-0.2, -0.15) is 0 Å². The summed E-state index contributed by atoms with van der Waals surface area (Å²) in [6.07, 6.45) is 2.95. The lowest BCUT2D eigenvalue weighted by Gasteiger charge is -2.30. The van der Waals surface area contributed by atoms with Gasteiger partial charge in [0.1, 0.15) is 9.88 Å². The second-order valence-corrected chi connectivity index (χ2v) is 6.35. The van der Waals surface area contributed by atoms with E-state index in [1.165, 1.54) is 11.3 Å². The standard InChI is InChI=1S/C16H16N2O3S/c19-15(18-8-4-7-12(10-18)16(20)21)13-9-17-14(22-13)11-5-2-1-3-6-11/h1-3,5-6,9,12H,4,7-8,10H2,(H,20,21)/t12-/m1/s1. The molecule has 1 saturated heterocycles. The third-order valence-electron chi connectivity index (χ3n) is 3.80. The molecule has 3 rings (SSSR count). The highest BCUT2D eigenvalue weighted by Crippen LogP contribution is 2.27. The number of carbonyl (C=O) groups excluding carboxylic acids is 1. The van der Waals surface area contributed by atoms with E-state index in [-0.39, 0.29) is 12.5 Å². The van der Waals surface area contributed by atoms with E-state index in [1.807, 2.05) is 30.3 Å². The Bertz CT molecular complexity index is 684. The normalized spacial score (nSPS) is 18.2. The topological polar surface area (TPSA) is 70.5 Å². The molecule has 0 bridgehead atoms. The molecule has 114 valence electrons. The number of rotatable bonds is 3. The Hall–Kier alpha value is -2.21. The van der Waals surface area contributed by atoms with Crippen molar-refractivity contribution in [1.29, 1.82) is 0 Å². The molecule has 0 radical (unpaired) electrons. The van der Waals surface area contributed by atoms with Gasteiger partial charge in [-0.15, -0.1) is 11.3 Å². The van der Waals surface area contributed by atoms with Gasteiger partial charge in [0.05, 0.1) is 12.1 Å². The number of carboxylic acid groups (broad SMARTS) is 1. The smallest absolute Gasteiger partial charge is 0.308 e. The number of aliphatic carboxylic acids is 1. The summed E-state index contributed by atoms with van der Waals surface area (Å²) in [5.41, 5.74) is 0.980. The third kappa shape index (κ3) is 3.01. The summed E-state index contributed by atoms with van der Waals surface area (Å²) in [5, 5.41) is 9.92. The predicted molar refractivity (Wildman–Crippen MR) is 83.8 cm³/mol. The Morgan fingerprint density at radius 1 is 1.27 bits per heavy atom. The minimum Gasteiger partial charge on any atom is -0.481 e. The van der Waals surface area contributed by atoms with Crippen LogP contribution in [0.3, 0.4) is 0 Å². The zero-order chi connectivity index (χ0) is 15.5. The Kier molecular flexibility index (Phi) is 4.20. The minimum atomic E-state index is -0.827. The molecule has 1 fully saturated rings. The summed E-state index contributed by atoms with van der Waals surface area (Å²) in [6.45, 7) is 0.897. The molecular formula is C16H16N2O3S. The number of hydrogen-bond acceptors (Lipinski definition) is 4. The van der Waals surface area contributed by atoms with Gasteiger partial charge in [-0.25, -0.2) is 4.98 Å². The van der Waals surface area contributed by atoms with Crippen LogP contribution in [0.25, 0.3) is 10.6 Å². The molecular weight excluding hydrogens is 300 g/mol. The van der Waals surface area contributed by atoms with Gasteiger partial charge in [-0.1, -0.05) is 30.3 Å². The third-order valence-corrected chi connectivity index (χ3v) is 4.83. The molecule has 0 saturated carbocycles. The fourth-order valence-corrected chi connectivity index (χ4v) is 3.50. The van der Waals surface area contributed by atoms with Crippen LogP contribution in [-0.4, -0.2) is 40.0 Å². The maximum absolute atomic E-state index is 12.5. The summed E-state index contributed by atoms with van der Waals surface area (Å²) >= 11 is 1.35. The van der Waals surface area contributed by atoms with Crippen LogP contribution in [0.1, 0.15) is 22.5 Å². The molecule has 2 heterocycles. The molecule has 5 nitrogen and oxygen atoms in total. The average Bonchev–Trinajstić information content (AvgIpc) is 3.05. The predicted octanol–water partition coefficient (Wildman–Crippen LogP) is 2.75. The van der Waals surface area contributed by atoms with Crippen molar-refractivity contribution in [3.05, 3.63) is 41.4 Å². The van der Waals surface area contributed by atoms with Crippen molar-refractivity contribution in [2.24, 2.45) is 5.92 Å². The van der Waals surface area contributed by atoms with Crippen molar-refractivity contribution in [3.63, 3.8) is 0 Å². The quantitative estimate of drug-likeness (QED) is 0.945. The molecule has 6 heteroatoms. The zero-order valence-electron chi connectivity index (χ0n) is 11.9. The van der Waals surface area contributed by atoms with Crippen LogP contribution in [-0.2, 0) is 4.79 Å². The van der Waals surface area contributed by atoms with Crippen molar-refractivity contribution in [1.82, 2.24) is 9.88 Å². The number of carbonyl (C=O) groups is 2. The summed E-state index contributed by atoms with van der Waals surface area (Å²) < 4.78 is 0. The van der Waals surface area contributed by atoms with Crippen molar-refractivity contribution in [3.8, 4) is 10.6 Å². The molecule has 0 spiro atoms. The van der Waals surface area contributed by atoms with Crippen LogP contribution < -0.4 is 0 Å². The van der Waals surface area contributed by atoms with Crippen molar-refractivity contribution in [2.75, 3.05) is 13.1 Å². The summed E-state index contributed by atoms with van der Waals surface area (Å²) in [5.74, 6) is -1.41. The Balaban J connectivity index is 1.76. The number of nitrogens with zero attached hydrogens (tertiary/aromatic N) is 2. The first-order valence-electron chi connectivity index (χ1n) is 7.18. The highest BCUT2D eigenvalue weighted by Gasteiger charge is 2.29. The number of piperidine rings is 1. The van der Waals surface area contributed by atoms with E-state index in [4.69, 9.17) is 5.11 Å². The Labute approximate surface area is 132 Å². The molecule has 1 amide bonds. The number of aromatic nitrogens is 1. The van der Waals surface area contributed by atoms with E-state index in [1.54, 1.807) is 11.1 Å². The number of thiazole rings is 1. The number of carboxylic acids is 1. The molecule has 1 aromatic heterocycles. The Morgan fingerprint density at radius 3 is 2.77 bits per heavy atom. The van der Waals surface area contributed by atoms with E-state index in [2.05, 4.69) is 4.98 Å². The largest absolute Gasteiger partial charge is 0.481 e. The maximum atomic E-state index is 12.5. The van der Waals surface area contributed by atoms with Gasteiger partial charge in [0.25, 0.3) is 5.91 Å². The molecule has 1 N–H and O–H groups in total. The van der Waals surface area contributed by atoms with Crippen LogP contribution in [0.4, 0.5) is 0 Å². The SMILES string of the molecule is O=C(O)[C@@H]1CCCN(C(=O)c2cnc(-c3ccccc3)s2)C1. The first kappa shape index (κ1) is 14.7. The van der Waals surface area contributed by atoms with Gasteiger partial charge in [0, 0.05) is 18.7 Å². The van der Waals surface area contributed by atoms with Crippen LogP contribution in [0.2, 0.25) is 0 Å². The lowest BCUT2D eigenvalue weighted by molar-refractivity contribution is -0.143. The molecule has 0 unspecified atom stereocenters. The number of amides is 1. The van der Waals surface area contributed by atoms with E-state index in [0.29, 0.717) is 17.8 Å². The van der Waals surface area contributed by atoms with Crippen molar-refractivity contribution in [2.45, 2.75) is 12.8 Å². The zero-order valence-corrected chi connectivity index (χ0v) is 12.8. The summed E-state index contributed by atoms with van der Waals surface area (Å²) in [7, 11) is 0. The first-order valence-corrected chi connectivity index (χ1v) is 8.00. The number of likely N-dealkylation sites (tertiary alicyclic amines) is 1.